The number of amides is 1. The molecule has 0 aliphatic rings. The van der Waals surface area contributed by atoms with E-state index in [0.717, 1.165) is 18.5 Å². The number of rotatable bonds is 9. The Kier molecular flexibility index (Phi) is 7.86. The molecule has 2 N–H and O–H groups in total. The van der Waals surface area contributed by atoms with Gasteiger partial charge in [0.1, 0.15) is 6.61 Å². The van der Waals surface area contributed by atoms with Crippen LogP contribution in [0.3, 0.4) is 0 Å². The van der Waals surface area contributed by atoms with Gasteiger partial charge in [0, 0.05) is 19.2 Å². The summed E-state index contributed by atoms with van der Waals surface area (Å²) in [5.41, 5.74) is 1.09. The Morgan fingerprint density at radius 3 is 2.68 bits per heavy atom. The van der Waals surface area contributed by atoms with Gasteiger partial charge in [-0.1, -0.05) is 44.2 Å². The van der Waals surface area contributed by atoms with E-state index in [1.165, 1.54) is 0 Å². The van der Waals surface area contributed by atoms with Crippen molar-refractivity contribution in [3.63, 3.8) is 0 Å². The van der Waals surface area contributed by atoms with E-state index in [9.17, 15) is 4.79 Å². The molecule has 0 atom stereocenters. The Bertz CT molecular complexity index is 352. The van der Waals surface area contributed by atoms with E-state index in [2.05, 4.69) is 24.5 Å². The molecule has 1 rings (SSSR count). The smallest absolute Gasteiger partial charge is 0.246 e. The second-order valence-electron chi connectivity index (χ2n) is 4.78. The second-order valence-corrected chi connectivity index (χ2v) is 4.78. The summed E-state index contributed by atoms with van der Waals surface area (Å²) in [4.78, 5) is 11.5. The lowest BCUT2D eigenvalue weighted by Gasteiger charge is -2.08. The molecule has 0 fully saturated rings. The maximum atomic E-state index is 11.5. The van der Waals surface area contributed by atoms with Gasteiger partial charge >= 0.3 is 0 Å². The molecule has 1 amide bonds. The topological polar surface area (TPSA) is 50.4 Å². The molecule has 4 heteroatoms. The van der Waals surface area contributed by atoms with Crippen LogP contribution in [0.4, 0.5) is 0 Å². The van der Waals surface area contributed by atoms with Crippen molar-refractivity contribution >= 4 is 5.91 Å². The Labute approximate surface area is 115 Å². The van der Waals surface area contributed by atoms with Gasteiger partial charge in [-0.15, -0.1) is 0 Å². The van der Waals surface area contributed by atoms with Gasteiger partial charge in [-0.3, -0.25) is 4.79 Å². The first-order valence-electron chi connectivity index (χ1n) is 6.80. The van der Waals surface area contributed by atoms with E-state index >= 15 is 0 Å². The summed E-state index contributed by atoms with van der Waals surface area (Å²) in [7, 11) is 0. The van der Waals surface area contributed by atoms with Crippen molar-refractivity contribution in [2.45, 2.75) is 32.9 Å². The summed E-state index contributed by atoms with van der Waals surface area (Å²) in [6.07, 6.45) is 0.921. The van der Waals surface area contributed by atoms with Gasteiger partial charge in [-0.25, -0.2) is 0 Å². The van der Waals surface area contributed by atoms with E-state index < -0.39 is 0 Å². The molecular weight excluding hydrogens is 240 g/mol. The molecule has 0 saturated carbocycles. The molecule has 0 unspecified atom stereocenters. The van der Waals surface area contributed by atoms with Crippen molar-refractivity contribution in [2.24, 2.45) is 0 Å². The maximum Gasteiger partial charge on any atom is 0.246 e. The summed E-state index contributed by atoms with van der Waals surface area (Å²) in [6.45, 7) is 6.43. The first-order chi connectivity index (χ1) is 9.18. The fourth-order valence-corrected chi connectivity index (χ4v) is 1.58. The van der Waals surface area contributed by atoms with E-state index in [1.807, 2.05) is 30.3 Å². The van der Waals surface area contributed by atoms with Crippen molar-refractivity contribution in [3.05, 3.63) is 35.9 Å². The van der Waals surface area contributed by atoms with E-state index in [-0.39, 0.29) is 12.5 Å². The SMILES string of the molecule is CC(C)NCCCOCC(=O)NCc1ccccc1. The molecule has 4 nitrogen and oxygen atoms in total. The molecule has 1 aromatic rings. The van der Waals surface area contributed by atoms with Crippen LogP contribution >= 0.6 is 0 Å². The highest BCUT2D eigenvalue weighted by molar-refractivity contribution is 5.77. The lowest BCUT2D eigenvalue weighted by atomic mass is 10.2. The molecule has 0 aliphatic carbocycles. The number of carbonyl (C=O) groups is 1. The van der Waals surface area contributed by atoms with Crippen molar-refractivity contribution in [1.82, 2.24) is 10.6 Å². The predicted octanol–water partition coefficient (Wildman–Crippen LogP) is 1.71. The highest BCUT2D eigenvalue weighted by Crippen LogP contribution is 1.96. The summed E-state index contributed by atoms with van der Waals surface area (Å²) >= 11 is 0. The summed E-state index contributed by atoms with van der Waals surface area (Å²) in [5.74, 6) is -0.0688. The van der Waals surface area contributed by atoms with Crippen LogP contribution in [0.15, 0.2) is 30.3 Å². The summed E-state index contributed by atoms with van der Waals surface area (Å²) < 4.78 is 5.31. The molecule has 0 saturated heterocycles. The second kappa shape index (κ2) is 9.53. The number of benzene rings is 1. The third kappa shape index (κ3) is 8.35. The predicted molar refractivity (Wildman–Crippen MR) is 76.9 cm³/mol. The minimum absolute atomic E-state index is 0.0688. The number of hydrogen-bond donors (Lipinski definition) is 2. The van der Waals surface area contributed by atoms with Crippen molar-refractivity contribution in [2.75, 3.05) is 19.8 Å². The number of ether oxygens (including phenoxy) is 1. The van der Waals surface area contributed by atoms with Crippen LogP contribution in [-0.4, -0.2) is 31.7 Å². The zero-order valence-corrected chi connectivity index (χ0v) is 11.8. The summed E-state index contributed by atoms with van der Waals surface area (Å²) in [6, 6.07) is 10.3. The molecule has 19 heavy (non-hydrogen) atoms. The highest BCUT2D eigenvalue weighted by Gasteiger charge is 2.01. The van der Waals surface area contributed by atoms with Gasteiger partial charge in [0.05, 0.1) is 0 Å². The Morgan fingerprint density at radius 1 is 1.26 bits per heavy atom. The van der Waals surface area contributed by atoms with E-state index in [0.29, 0.717) is 19.2 Å². The lowest BCUT2D eigenvalue weighted by molar-refractivity contribution is -0.125. The Hall–Kier alpha value is -1.39. The molecule has 0 aromatic heterocycles. The molecule has 1 aromatic carbocycles. The minimum Gasteiger partial charge on any atom is -0.372 e. The van der Waals surface area contributed by atoms with Crippen LogP contribution in [0.2, 0.25) is 0 Å². The van der Waals surface area contributed by atoms with Crippen molar-refractivity contribution < 1.29 is 9.53 Å². The third-order valence-corrected chi connectivity index (χ3v) is 2.58. The third-order valence-electron chi connectivity index (χ3n) is 2.58. The van der Waals surface area contributed by atoms with Gasteiger partial charge in [-0.2, -0.15) is 0 Å². The lowest BCUT2D eigenvalue weighted by Crippen LogP contribution is -2.28. The molecular formula is C15H24N2O2. The van der Waals surface area contributed by atoms with Gasteiger partial charge in [0.15, 0.2) is 0 Å². The van der Waals surface area contributed by atoms with E-state index in [1.54, 1.807) is 0 Å². The van der Waals surface area contributed by atoms with Crippen molar-refractivity contribution in [3.8, 4) is 0 Å². The fourth-order valence-electron chi connectivity index (χ4n) is 1.58. The average Bonchev–Trinajstić information content (AvgIpc) is 2.41. The number of nitrogens with one attached hydrogen (secondary N) is 2. The van der Waals surface area contributed by atoms with Gasteiger partial charge in [0.2, 0.25) is 5.91 Å². The minimum atomic E-state index is -0.0688. The largest absolute Gasteiger partial charge is 0.372 e. The Morgan fingerprint density at radius 2 is 2.00 bits per heavy atom. The molecule has 106 valence electrons. The first-order valence-corrected chi connectivity index (χ1v) is 6.80. The zero-order valence-electron chi connectivity index (χ0n) is 11.8. The van der Waals surface area contributed by atoms with E-state index in [4.69, 9.17) is 4.74 Å². The number of hydrogen-bond acceptors (Lipinski definition) is 3. The monoisotopic (exact) mass is 264 g/mol. The van der Waals surface area contributed by atoms with Crippen LogP contribution in [0.5, 0.6) is 0 Å². The Balaban J connectivity index is 1.99. The molecule has 0 radical (unpaired) electrons. The zero-order chi connectivity index (χ0) is 13.9. The average molecular weight is 264 g/mol. The van der Waals surface area contributed by atoms with Gasteiger partial charge in [-0.05, 0) is 18.5 Å². The molecule has 0 spiro atoms. The van der Waals surface area contributed by atoms with Crippen LogP contribution in [0, 0.1) is 0 Å². The van der Waals surface area contributed by atoms with Crippen LogP contribution < -0.4 is 10.6 Å². The normalized spacial score (nSPS) is 10.7. The van der Waals surface area contributed by atoms with Crippen LogP contribution in [-0.2, 0) is 16.1 Å². The van der Waals surface area contributed by atoms with Crippen LogP contribution in [0.25, 0.3) is 0 Å². The maximum absolute atomic E-state index is 11.5. The van der Waals surface area contributed by atoms with Gasteiger partial charge < -0.3 is 15.4 Å². The van der Waals surface area contributed by atoms with Gasteiger partial charge in [0.25, 0.3) is 0 Å². The first kappa shape index (κ1) is 15.7. The fraction of sp³-hybridized carbons (Fsp3) is 0.533. The standard InChI is InChI=1S/C15H24N2O2/c1-13(2)16-9-6-10-19-12-15(18)17-11-14-7-4-3-5-8-14/h3-5,7-8,13,16H,6,9-12H2,1-2H3,(H,17,18). The summed E-state index contributed by atoms with van der Waals surface area (Å²) in [5, 5.41) is 6.13. The molecule has 0 heterocycles. The van der Waals surface area contributed by atoms with Crippen LogP contribution in [0.1, 0.15) is 25.8 Å². The quantitative estimate of drug-likeness (QED) is 0.668. The highest BCUT2D eigenvalue weighted by atomic mass is 16.5. The van der Waals surface area contributed by atoms with Crippen molar-refractivity contribution in [1.29, 1.82) is 0 Å². The molecule has 0 bridgehead atoms. The molecule has 0 aliphatic heterocycles. The number of carbonyl (C=O) groups excluding carboxylic acids is 1.